The number of nitrogens with zero attached hydrogens (tertiary/aromatic N) is 5. The van der Waals surface area contributed by atoms with Crippen LogP contribution in [0.2, 0.25) is 0 Å². The van der Waals surface area contributed by atoms with Crippen LogP contribution in [-0.4, -0.2) is 80.5 Å². The number of hydrogen-bond acceptors (Lipinski definition) is 11. The lowest BCUT2D eigenvalue weighted by Gasteiger charge is -2.49. The number of carboxylic acid groups (broad SMARTS) is 1. The molecule has 16 heteroatoms. The van der Waals surface area contributed by atoms with Gasteiger partial charge in [0.1, 0.15) is 23.7 Å². The van der Waals surface area contributed by atoms with Gasteiger partial charge in [-0.2, -0.15) is 4.73 Å². The van der Waals surface area contributed by atoms with E-state index in [2.05, 4.69) is 15.5 Å². The predicted molar refractivity (Wildman–Crippen MR) is 116 cm³/mol. The van der Waals surface area contributed by atoms with Crippen molar-refractivity contribution < 1.29 is 29.8 Å². The molecule has 13 nitrogen and oxygen atoms in total. The van der Waals surface area contributed by atoms with Crippen molar-refractivity contribution in [3.05, 3.63) is 33.0 Å². The molecule has 5 N–H and O–H groups in total. The van der Waals surface area contributed by atoms with Crippen molar-refractivity contribution in [1.29, 1.82) is 5.41 Å². The second kappa shape index (κ2) is 9.20. The van der Waals surface area contributed by atoms with Crippen molar-refractivity contribution in [2.24, 2.45) is 7.05 Å². The quantitative estimate of drug-likeness (QED) is 0.166. The number of thiazole rings is 1. The van der Waals surface area contributed by atoms with Gasteiger partial charge in [0.05, 0.1) is 12.1 Å². The van der Waals surface area contributed by atoms with E-state index in [1.54, 1.807) is 11.6 Å². The highest BCUT2D eigenvalue weighted by atomic mass is 32.2. The summed E-state index contributed by atoms with van der Waals surface area (Å²) in [6.45, 7) is -0.269. The van der Waals surface area contributed by atoms with Crippen molar-refractivity contribution in [3.8, 4) is 0 Å². The molecule has 0 aromatic carbocycles. The molecule has 4 rings (SSSR count). The van der Waals surface area contributed by atoms with E-state index in [1.165, 1.54) is 33.8 Å². The lowest BCUT2D eigenvalue weighted by molar-refractivity contribution is -0.150. The van der Waals surface area contributed by atoms with Crippen molar-refractivity contribution in [3.63, 3.8) is 0 Å². The Morgan fingerprint density at radius 1 is 1.39 bits per heavy atom. The summed E-state index contributed by atoms with van der Waals surface area (Å²) >= 11 is 3.57. The molecule has 0 bridgehead atoms. The van der Waals surface area contributed by atoms with Gasteiger partial charge in [0.25, 0.3) is 5.91 Å². The lowest BCUT2D eigenvalue weighted by Crippen LogP contribution is -2.70. The zero-order valence-corrected chi connectivity index (χ0v) is 19.5. The molecule has 0 radical (unpaired) electrons. The normalized spacial score (nSPS) is 19.9. The van der Waals surface area contributed by atoms with Gasteiger partial charge in [0, 0.05) is 23.9 Å². The van der Waals surface area contributed by atoms with Gasteiger partial charge in [0.2, 0.25) is 10.7 Å². The molecule has 2 aliphatic rings. The van der Waals surface area contributed by atoms with Gasteiger partial charge in [0.15, 0.2) is 11.0 Å². The first-order chi connectivity index (χ1) is 15.7. The summed E-state index contributed by atoms with van der Waals surface area (Å²) in [6, 6.07) is -0.877. The monoisotopic (exact) mass is 513 g/mol. The van der Waals surface area contributed by atoms with E-state index in [0.29, 0.717) is 27.0 Å². The van der Waals surface area contributed by atoms with E-state index in [4.69, 9.17) is 5.41 Å². The molecule has 33 heavy (non-hydrogen) atoms. The minimum atomic E-state index is -1.23. The Balaban J connectivity index is 1.44. The molecule has 1 unspecified atom stereocenters. The highest BCUT2D eigenvalue weighted by Crippen LogP contribution is 2.41. The third kappa shape index (κ3) is 4.25. The van der Waals surface area contributed by atoms with Crippen molar-refractivity contribution in [1.82, 2.24) is 29.7 Å². The molecule has 1 saturated heterocycles. The number of hydrogen-bond donors (Lipinski definition) is 5. The maximum absolute atomic E-state index is 12.7. The smallest absolute Gasteiger partial charge is 0.352 e. The molecule has 2 aliphatic heterocycles. The van der Waals surface area contributed by atoms with E-state index in [9.17, 15) is 29.8 Å². The molecule has 0 spiro atoms. The molecule has 1 fully saturated rings. The van der Waals surface area contributed by atoms with Crippen LogP contribution in [-0.2, 0) is 34.5 Å². The molecule has 176 valence electrons. The van der Waals surface area contributed by atoms with Gasteiger partial charge >= 0.3 is 5.97 Å². The van der Waals surface area contributed by atoms with Gasteiger partial charge < -0.3 is 25.3 Å². The van der Waals surface area contributed by atoms with Crippen LogP contribution in [0.1, 0.15) is 11.5 Å². The zero-order valence-electron chi connectivity index (χ0n) is 17.1. The number of aliphatic hydroxyl groups is 1. The highest BCUT2D eigenvalue weighted by Gasteiger charge is 2.54. The molecule has 2 atom stereocenters. The standard InChI is InChI=1S/C17H19N7O6S3/c1-22-9(3-25)20-21-17(22)33-5-7-4-31-14-11(13(27)23(14)12(7)15(28)29)19-10(26)2-8-6-32-16(18)24(8)30/h6,11,14,18,25,30H,2-5H2,1H3,(H,19,26)(H,28,29)/t11?,14-/m1/s1. The number of carbonyl (C=O) groups excluding carboxylic acids is 2. The maximum Gasteiger partial charge on any atom is 0.352 e. The fourth-order valence-corrected chi connectivity index (χ4v) is 6.48. The van der Waals surface area contributed by atoms with Crippen molar-refractivity contribution in [2.45, 2.75) is 29.6 Å². The fourth-order valence-electron chi connectivity index (χ4n) is 3.41. The van der Waals surface area contributed by atoms with E-state index in [1.807, 2.05) is 0 Å². The SMILES string of the molecule is Cn1c(CO)nnc1SCC1=C(C(=O)O)N2C(=O)C(NC(=O)Cc3csc(=N)n3O)[C@H]2SC1. The number of amides is 2. The summed E-state index contributed by atoms with van der Waals surface area (Å²) in [5.41, 5.74) is 0.667. The van der Waals surface area contributed by atoms with E-state index in [-0.39, 0.29) is 35.0 Å². The third-order valence-electron chi connectivity index (χ3n) is 5.12. The molecule has 0 aliphatic carbocycles. The molecule has 2 aromatic heterocycles. The summed E-state index contributed by atoms with van der Waals surface area (Å²) in [5.74, 6) is -1.27. The molecule has 2 aromatic rings. The second-order valence-corrected chi connectivity index (χ2v) is 10.0. The predicted octanol–water partition coefficient (Wildman–Crippen LogP) is -1.04. The molecule has 0 saturated carbocycles. The summed E-state index contributed by atoms with van der Waals surface area (Å²) < 4.78 is 2.21. The van der Waals surface area contributed by atoms with Crippen LogP contribution in [0.15, 0.2) is 21.8 Å². The number of thioether (sulfide) groups is 2. The Kier molecular flexibility index (Phi) is 6.51. The Bertz CT molecular complexity index is 1220. The summed E-state index contributed by atoms with van der Waals surface area (Å²) in [4.78, 5) is 38.1. The Morgan fingerprint density at radius 3 is 2.76 bits per heavy atom. The van der Waals surface area contributed by atoms with Gasteiger partial charge in [-0.25, -0.2) is 4.79 Å². The average Bonchev–Trinajstić information content (AvgIpc) is 3.31. The number of aliphatic hydroxyl groups excluding tert-OH is 1. The summed E-state index contributed by atoms with van der Waals surface area (Å²) in [6.07, 6.45) is -0.218. The zero-order chi connectivity index (χ0) is 23.9. The van der Waals surface area contributed by atoms with Gasteiger partial charge in [-0.15, -0.1) is 33.3 Å². The summed E-state index contributed by atoms with van der Waals surface area (Å²) in [7, 11) is 1.69. The van der Waals surface area contributed by atoms with Crippen LogP contribution in [0.3, 0.4) is 0 Å². The van der Waals surface area contributed by atoms with Crippen LogP contribution < -0.4 is 10.1 Å². The first-order valence-corrected chi connectivity index (χ1v) is 12.4. The molecule has 2 amide bonds. The van der Waals surface area contributed by atoms with Crippen LogP contribution in [0.4, 0.5) is 0 Å². The van der Waals surface area contributed by atoms with Gasteiger partial charge in [-0.05, 0) is 5.57 Å². The number of aromatic nitrogens is 4. The minimum absolute atomic E-state index is 0.101. The largest absolute Gasteiger partial charge is 0.477 e. The number of carbonyl (C=O) groups is 3. The third-order valence-corrected chi connectivity index (χ3v) is 8.35. The Morgan fingerprint density at radius 2 is 2.15 bits per heavy atom. The van der Waals surface area contributed by atoms with Crippen LogP contribution in [0, 0.1) is 5.41 Å². The molecular formula is C17H19N7O6S3. The number of carboxylic acids is 1. The Labute approximate surface area is 198 Å². The number of rotatable bonds is 8. The molecular weight excluding hydrogens is 494 g/mol. The minimum Gasteiger partial charge on any atom is -0.477 e. The number of nitrogens with one attached hydrogen (secondary N) is 2. The number of fused-ring (bicyclic) bond motifs is 1. The van der Waals surface area contributed by atoms with Crippen molar-refractivity contribution >= 4 is 52.6 Å². The number of β-lactam (4-membered cyclic amide) rings is 1. The van der Waals surface area contributed by atoms with E-state index < -0.39 is 29.2 Å². The summed E-state index contributed by atoms with van der Waals surface area (Å²) in [5, 5.41) is 48.0. The fraction of sp³-hybridized carbons (Fsp3) is 0.412. The maximum atomic E-state index is 12.7. The van der Waals surface area contributed by atoms with Gasteiger partial charge in [-0.1, -0.05) is 11.8 Å². The second-order valence-electron chi connectivity index (χ2n) is 7.14. The highest BCUT2D eigenvalue weighted by molar-refractivity contribution is 8.01. The van der Waals surface area contributed by atoms with E-state index >= 15 is 0 Å². The van der Waals surface area contributed by atoms with Crippen LogP contribution in [0.25, 0.3) is 0 Å². The Hall–Kier alpha value is -2.82. The van der Waals surface area contributed by atoms with Crippen LogP contribution >= 0.6 is 34.9 Å². The topological polar surface area (TPSA) is 187 Å². The van der Waals surface area contributed by atoms with Gasteiger partial charge in [-0.3, -0.25) is 19.9 Å². The van der Waals surface area contributed by atoms with Crippen LogP contribution in [0.5, 0.6) is 0 Å². The average molecular weight is 514 g/mol. The lowest BCUT2D eigenvalue weighted by atomic mass is 10.0. The first kappa shape index (κ1) is 23.3. The van der Waals surface area contributed by atoms with E-state index in [0.717, 1.165) is 11.3 Å². The molecule has 4 heterocycles. The first-order valence-electron chi connectivity index (χ1n) is 9.47. The number of aliphatic carboxylic acids is 1. The van der Waals surface area contributed by atoms with Crippen molar-refractivity contribution in [2.75, 3.05) is 11.5 Å².